The lowest BCUT2D eigenvalue weighted by atomic mass is 9.94. The number of carbonyl (C=O) groups excluding carboxylic acids is 2. The first-order valence-electron chi connectivity index (χ1n) is 10.2. The van der Waals surface area contributed by atoms with Crippen LogP contribution in [0.3, 0.4) is 0 Å². The molecule has 1 amide bonds. The zero-order valence-corrected chi connectivity index (χ0v) is 18.2. The van der Waals surface area contributed by atoms with Crippen molar-refractivity contribution in [3.63, 3.8) is 0 Å². The standard InChI is InChI=1S/C24H24ClNO5/c1-14-12-17(30-2)9-10-19(14)22(27)20-21(15-5-7-16(25)8-6-15)26(24(29)23(20)28)13-18-4-3-11-31-18/h5-10,12,18,21,27H,3-4,11,13H2,1-2H3/b22-20-. The van der Waals surface area contributed by atoms with E-state index in [2.05, 4.69) is 0 Å². The summed E-state index contributed by atoms with van der Waals surface area (Å²) in [6.07, 6.45) is 1.62. The summed E-state index contributed by atoms with van der Waals surface area (Å²) in [6.45, 7) is 2.75. The second-order valence-electron chi connectivity index (χ2n) is 7.82. The third-order valence-corrected chi connectivity index (χ3v) is 6.09. The summed E-state index contributed by atoms with van der Waals surface area (Å²) in [4.78, 5) is 27.6. The van der Waals surface area contributed by atoms with E-state index >= 15 is 0 Å². The zero-order chi connectivity index (χ0) is 22.1. The SMILES string of the molecule is COc1ccc(/C(O)=C2/C(=O)C(=O)N(CC3CCCO3)C2c2ccc(Cl)cc2)c(C)c1. The summed E-state index contributed by atoms with van der Waals surface area (Å²) in [6, 6.07) is 11.4. The fraction of sp³-hybridized carbons (Fsp3) is 0.333. The van der Waals surface area contributed by atoms with Crippen molar-refractivity contribution in [1.82, 2.24) is 4.90 Å². The summed E-state index contributed by atoms with van der Waals surface area (Å²) >= 11 is 6.05. The lowest BCUT2D eigenvalue weighted by molar-refractivity contribution is -0.140. The molecule has 162 valence electrons. The molecule has 2 aromatic carbocycles. The Morgan fingerprint density at radius 3 is 2.58 bits per heavy atom. The third kappa shape index (κ3) is 4.05. The molecule has 2 atom stereocenters. The maximum Gasteiger partial charge on any atom is 0.295 e. The molecule has 0 bridgehead atoms. The van der Waals surface area contributed by atoms with E-state index in [-0.39, 0.29) is 24.0 Å². The molecule has 0 aliphatic carbocycles. The number of Topliss-reactive ketones (excluding diaryl/α,β-unsaturated/α-hetero) is 1. The predicted octanol–water partition coefficient (Wildman–Crippen LogP) is 4.26. The Morgan fingerprint density at radius 2 is 1.97 bits per heavy atom. The van der Waals surface area contributed by atoms with E-state index in [4.69, 9.17) is 21.1 Å². The molecule has 2 unspecified atom stereocenters. The second-order valence-corrected chi connectivity index (χ2v) is 8.26. The lowest BCUT2D eigenvalue weighted by Crippen LogP contribution is -2.36. The van der Waals surface area contributed by atoms with Crippen molar-refractivity contribution in [2.24, 2.45) is 0 Å². The summed E-state index contributed by atoms with van der Waals surface area (Å²) < 4.78 is 10.9. The van der Waals surface area contributed by atoms with Gasteiger partial charge in [0.05, 0.1) is 24.8 Å². The van der Waals surface area contributed by atoms with Gasteiger partial charge in [-0.15, -0.1) is 0 Å². The maximum atomic E-state index is 13.1. The summed E-state index contributed by atoms with van der Waals surface area (Å²) in [5.74, 6) is -0.899. The molecule has 0 spiro atoms. The first-order valence-corrected chi connectivity index (χ1v) is 10.6. The summed E-state index contributed by atoms with van der Waals surface area (Å²) in [5, 5.41) is 11.7. The number of carbonyl (C=O) groups is 2. The quantitative estimate of drug-likeness (QED) is 0.426. The number of ether oxygens (including phenoxy) is 2. The highest BCUT2D eigenvalue weighted by atomic mass is 35.5. The van der Waals surface area contributed by atoms with Crippen molar-refractivity contribution in [3.8, 4) is 5.75 Å². The van der Waals surface area contributed by atoms with Crippen LogP contribution in [-0.2, 0) is 14.3 Å². The fourth-order valence-corrected chi connectivity index (χ4v) is 4.37. The van der Waals surface area contributed by atoms with Crippen molar-refractivity contribution in [2.75, 3.05) is 20.3 Å². The lowest BCUT2D eigenvalue weighted by Gasteiger charge is -2.27. The number of halogens is 1. The van der Waals surface area contributed by atoms with Crippen LogP contribution < -0.4 is 4.74 Å². The molecule has 4 rings (SSSR count). The number of benzene rings is 2. The van der Waals surface area contributed by atoms with E-state index in [1.54, 1.807) is 49.6 Å². The monoisotopic (exact) mass is 441 g/mol. The highest BCUT2D eigenvalue weighted by Crippen LogP contribution is 2.41. The number of rotatable bonds is 5. The van der Waals surface area contributed by atoms with E-state index in [1.807, 2.05) is 6.92 Å². The number of likely N-dealkylation sites (tertiary alicyclic amines) is 1. The topological polar surface area (TPSA) is 76.1 Å². The first-order chi connectivity index (χ1) is 14.9. The number of ketones is 1. The molecule has 31 heavy (non-hydrogen) atoms. The largest absolute Gasteiger partial charge is 0.507 e. The fourth-order valence-electron chi connectivity index (χ4n) is 4.24. The zero-order valence-electron chi connectivity index (χ0n) is 17.4. The van der Waals surface area contributed by atoms with Crippen molar-refractivity contribution in [1.29, 1.82) is 0 Å². The molecule has 2 fully saturated rings. The van der Waals surface area contributed by atoms with Gasteiger partial charge < -0.3 is 19.5 Å². The number of methoxy groups -OCH3 is 1. The second kappa shape index (κ2) is 8.73. The highest BCUT2D eigenvalue weighted by molar-refractivity contribution is 6.46. The smallest absolute Gasteiger partial charge is 0.295 e. The highest BCUT2D eigenvalue weighted by Gasteiger charge is 2.47. The minimum Gasteiger partial charge on any atom is -0.507 e. The van der Waals surface area contributed by atoms with Crippen LogP contribution in [0.1, 0.15) is 35.6 Å². The molecule has 2 heterocycles. The summed E-state index contributed by atoms with van der Waals surface area (Å²) in [7, 11) is 1.56. The van der Waals surface area contributed by atoms with Gasteiger partial charge in [0, 0.05) is 23.7 Å². The molecule has 6 nitrogen and oxygen atoms in total. The Labute approximate surface area is 186 Å². The van der Waals surface area contributed by atoms with Crippen LogP contribution >= 0.6 is 11.6 Å². The minimum absolute atomic E-state index is 0.0681. The number of amides is 1. The van der Waals surface area contributed by atoms with Crippen molar-refractivity contribution < 1.29 is 24.2 Å². The van der Waals surface area contributed by atoms with E-state index in [0.29, 0.717) is 28.5 Å². The van der Waals surface area contributed by atoms with E-state index < -0.39 is 17.7 Å². The Kier molecular flexibility index (Phi) is 6.03. The Morgan fingerprint density at radius 1 is 1.23 bits per heavy atom. The number of hydrogen-bond acceptors (Lipinski definition) is 5. The number of aryl methyl sites for hydroxylation is 1. The Hall–Kier alpha value is -2.83. The van der Waals surface area contributed by atoms with Gasteiger partial charge in [-0.2, -0.15) is 0 Å². The van der Waals surface area contributed by atoms with Gasteiger partial charge in [0.2, 0.25) is 0 Å². The molecule has 0 aromatic heterocycles. The normalized spacial score (nSPS) is 22.9. The van der Waals surface area contributed by atoms with Crippen LogP contribution in [0.5, 0.6) is 5.75 Å². The molecular weight excluding hydrogens is 418 g/mol. The molecule has 0 radical (unpaired) electrons. The molecule has 7 heteroatoms. The van der Waals surface area contributed by atoms with E-state index in [1.165, 1.54) is 4.90 Å². The van der Waals surface area contributed by atoms with Crippen LogP contribution in [-0.4, -0.2) is 48.1 Å². The van der Waals surface area contributed by atoms with Gasteiger partial charge in [0.15, 0.2) is 0 Å². The van der Waals surface area contributed by atoms with E-state index in [9.17, 15) is 14.7 Å². The maximum absolute atomic E-state index is 13.1. The van der Waals surface area contributed by atoms with Gasteiger partial charge in [-0.3, -0.25) is 9.59 Å². The molecule has 2 aliphatic rings. The van der Waals surface area contributed by atoms with Crippen LogP contribution in [0.4, 0.5) is 0 Å². The van der Waals surface area contributed by atoms with Crippen LogP contribution in [0, 0.1) is 6.92 Å². The van der Waals surface area contributed by atoms with E-state index in [0.717, 1.165) is 18.4 Å². The number of aliphatic hydroxyl groups excluding tert-OH is 1. The number of nitrogens with zero attached hydrogens (tertiary/aromatic N) is 1. The molecule has 2 aromatic rings. The van der Waals surface area contributed by atoms with Crippen molar-refractivity contribution in [2.45, 2.75) is 31.9 Å². The molecule has 2 saturated heterocycles. The Bertz CT molecular complexity index is 1040. The Balaban J connectivity index is 1.83. The third-order valence-electron chi connectivity index (χ3n) is 5.84. The number of aliphatic hydroxyl groups is 1. The van der Waals surface area contributed by atoms with Crippen LogP contribution in [0.15, 0.2) is 48.0 Å². The molecular formula is C24H24ClNO5. The van der Waals surface area contributed by atoms with Gasteiger partial charge in [-0.25, -0.2) is 0 Å². The van der Waals surface area contributed by atoms with Gasteiger partial charge in [0.25, 0.3) is 11.7 Å². The average Bonchev–Trinajstić information content (AvgIpc) is 3.36. The van der Waals surface area contributed by atoms with Crippen molar-refractivity contribution in [3.05, 3.63) is 69.8 Å². The molecule has 2 aliphatic heterocycles. The summed E-state index contributed by atoms with van der Waals surface area (Å²) in [5.41, 5.74) is 1.99. The number of hydrogen-bond donors (Lipinski definition) is 1. The van der Waals surface area contributed by atoms with Crippen LogP contribution in [0.25, 0.3) is 5.76 Å². The molecule has 0 saturated carbocycles. The molecule has 1 N–H and O–H groups in total. The van der Waals surface area contributed by atoms with Crippen LogP contribution in [0.2, 0.25) is 5.02 Å². The van der Waals surface area contributed by atoms with Gasteiger partial charge in [0.1, 0.15) is 11.5 Å². The van der Waals surface area contributed by atoms with Gasteiger partial charge in [-0.05, 0) is 61.2 Å². The first kappa shape index (κ1) is 21.4. The average molecular weight is 442 g/mol. The predicted molar refractivity (Wildman–Crippen MR) is 117 cm³/mol. The van der Waals surface area contributed by atoms with Gasteiger partial charge >= 0.3 is 0 Å². The van der Waals surface area contributed by atoms with Gasteiger partial charge in [-0.1, -0.05) is 23.7 Å². The minimum atomic E-state index is -0.719. The van der Waals surface area contributed by atoms with Crippen molar-refractivity contribution >= 4 is 29.1 Å².